The molecule has 0 bridgehead atoms. The first kappa shape index (κ1) is 23.9. The standard InChI is InChI=1S/C34H32O2/c1-21-5-13-25(14-6-21)29-31(33(35)27-17-9-23(3)10-18-27)30(26-15-7-22(2)8-16-26)32(29)34(36)28-19-11-24(4)12-20-28/h5-20,29-32H,1-4H3. The highest BCUT2D eigenvalue weighted by Gasteiger charge is 2.57. The zero-order valence-electron chi connectivity index (χ0n) is 21.4. The lowest BCUT2D eigenvalue weighted by molar-refractivity contribution is 0.0489. The number of carbonyl (C=O) groups excluding carboxylic acids is 2. The monoisotopic (exact) mass is 472 g/mol. The molecule has 0 radical (unpaired) electrons. The van der Waals surface area contributed by atoms with E-state index in [9.17, 15) is 9.59 Å². The van der Waals surface area contributed by atoms with Gasteiger partial charge in [-0.25, -0.2) is 0 Å². The van der Waals surface area contributed by atoms with Gasteiger partial charge in [0.15, 0.2) is 11.6 Å². The van der Waals surface area contributed by atoms with E-state index in [2.05, 4.69) is 62.4 Å². The van der Waals surface area contributed by atoms with Crippen molar-refractivity contribution < 1.29 is 9.59 Å². The zero-order valence-corrected chi connectivity index (χ0v) is 21.4. The first-order chi connectivity index (χ1) is 17.3. The number of carbonyl (C=O) groups is 2. The number of ketones is 2. The predicted molar refractivity (Wildman–Crippen MR) is 146 cm³/mol. The molecule has 0 saturated heterocycles. The van der Waals surface area contributed by atoms with Crippen LogP contribution in [0.1, 0.15) is 65.9 Å². The Morgan fingerprint density at radius 2 is 0.667 bits per heavy atom. The molecular formula is C34H32O2. The van der Waals surface area contributed by atoms with Crippen LogP contribution in [0.2, 0.25) is 0 Å². The first-order valence-electron chi connectivity index (χ1n) is 12.7. The maximum absolute atomic E-state index is 14.1. The second-order valence-electron chi connectivity index (χ2n) is 10.4. The van der Waals surface area contributed by atoms with E-state index in [4.69, 9.17) is 0 Å². The van der Waals surface area contributed by atoms with Crippen LogP contribution < -0.4 is 0 Å². The highest BCUT2D eigenvalue weighted by atomic mass is 16.1. The summed E-state index contributed by atoms with van der Waals surface area (Å²) in [6, 6.07) is 32.3. The van der Waals surface area contributed by atoms with E-state index in [-0.39, 0.29) is 35.2 Å². The molecule has 36 heavy (non-hydrogen) atoms. The highest BCUT2D eigenvalue weighted by molar-refractivity contribution is 6.05. The minimum absolute atomic E-state index is 0.110. The lowest BCUT2D eigenvalue weighted by Crippen LogP contribution is -2.51. The van der Waals surface area contributed by atoms with Crippen LogP contribution >= 0.6 is 0 Å². The number of aryl methyl sites for hydroxylation is 4. The van der Waals surface area contributed by atoms with Crippen molar-refractivity contribution in [3.05, 3.63) is 142 Å². The first-order valence-corrected chi connectivity index (χ1v) is 12.7. The molecule has 0 aliphatic heterocycles. The molecule has 4 aromatic rings. The number of Topliss-reactive ketones (excluding diaryl/α,β-unsaturated/α-hetero) is 2. The van der Waals surface area contributed by atoms with Gasteiger partial charge in [-0.05, 0) is 38.8 Å². The average molecular weight is 473 g/mol. The molecule has 0 heterocycles. The summed E-state index contributed by atoms with van der Waals surface area (Å²) in [6.07, 6.45) is 0. The summed E-state index contributed by atoms with van der Waals surface area (Å²) in [4.78, 5) is 28.2. The maximum atomic E-state index is 14.1. The Labute approximate surface area is 214 Å². The zero-order chi connectivity index (χ0) is 25.4. The van der Waals surface area contributed by atoms with E-state index in [1.165, 1.54) is 0 Å². The van der Waals surface area contributed by atoms with Gasteiger partial charge in [-0.2, -0.15) is 0 Å². The molecule has 0 spiro atoms. The number of hydrogen-bond donors (Lipinski definition) is 0. The Morgan fingerprint density at radius 3 is 0.944 bits per heavy atom. The van der Waals surface area contributed by atoms with Crippen LogP contribution in [0.15, 0.2) is 97.1 Å². The minimum atomic E-state index is -0.308. The van der Waals surface area contributed by atoms with Crippen molar-refractivity contribution in [3.63, 3.8) is 0 Å². The van der Waals surface area contributed by atoms with Crippen LogP contribution in [0.5, 0.6) is 0 Å². The van der Waals surface area contributed by atoms with E-state index in [0.29, 0.717) is 11.1 Å². The van der Waals surface area contributed by atoms with Gasteiger partial charge in [0, 0.05) is 34.8 Å². The molecule has 1 aliphatic rings. The van der Waals surface area contributed by atoms with Gasteiger partial charge in [0.05, 0.1) is 0 Å². The number of benzene rings is 4. The summed E-state index contributed by atoms with van der Waals surface area (Å²) < 4.78 is 0. The average Bonchev–Trinajstić information content (AvgIpc) is 2.86. The van der Waals surface area contributed by atoms with Gasteiger partial charge in [0.1, 0.15) is 0 Å². The van der Waals surface area contributed by atoms with Gasteiger partial charge in [-0.3, -0.25) is 9.59 Å². The third-order valence-electron chi connectivity index (χ3n) is 7.75. The van der Waals surface area contributed by atoms with Gasteiger partial charge in [0.25, 0.3) is 0 Å². The molecule has 0 unspecified atom stereocenters. The Morgan fingerprint density at radius 1 is 0.417 bits per heavy atom. The predicted octanol–water partition coefficient (Wildman–Crippen LogP) is 7.80. The van der Waals surface area contributed by atoms with Gasteiger partial charge in [0.2, 0.25) is 0 Å². The lowest BCUT2D eigenvalue weighted by Gasteiger charge is -2.51. The van der Waals surface area contributed by atoms with E-state index in [1.807, 2.05) is 62.4 Å². The fourth-order valence-corrected chi connectivity index (χ4v) is 5.63. The Balaban J connectivity index is 1.64. The van der Waals surface area contributed by atoms with Gasteiger partial charge >= 0.3 is 0 Å². The van der Waals surface area contributed by atoms with Crippen molar-refractivity contribution in [2.75, 3.05) is 0 Å². The lowest BCUT2D eigenvalue weighted by atomic mass is 9.49. The SMILES string of the molecule is Cc1ccc(C(=O)C2C(c3ccc(C)cc3)C(C(=O)c3ccc(C)cc3)C2c2ccc(C)cc2)cc1. The summed E-state index contributed by atoms with van der Waals surface area (Å²) in [6.45, 7) is 8.17. The Hall–Kier alpha value is -3.78. The Kier molecular flexibility index (Phi) is 6.45. The van der Waals surface area contributed by atoms with Crippen LogP contribution in [-0.2, 0) is 0 Å². The molecule has 1 fully saturated rings. The highest BCUT2D eigenvalue weighted by Crippen LogP contribution is 2.59. The second-order valence-corrected chi connectivity index (χ2v) is 10.4. The molecule has 1 aliphatic carbocycles. The van der Waals surface area contributed by atoms with Gasteiger partial charge in [-0.1, -0.05) is 119 Å². The van der Waals surface area contributed by atoms with Crippen molar-refractivity contribution >= 4 is 11.6 Å². The van der Waals surface area contributed by atoms with Crippen LogP contribution in [0, 0.1) is 39.5 Å². The van der Waals surface area contributed by atoms with E-state index in [1.54, 1.807) is 0 Å². The largest absolute Gasteiger partial charge is 0.294 e. The normalized spacial score (nSPS) is 21.0. The van der Waals surface area contributed by atoms with Crippen molar-refractivity contribution in [2.45, 2.75) is 39.5 Å². The van der Waals surface area contributed by atoms with Crippen molar-refractivity contribution in [1.82, 2.24) is 0 Å². The molecule has 0 atom stereocenters. The van der Waals surface area contributed by atoms with Crippen LogP contribution in [-0.4, -0.2) is 11.6 Å². The molecule has 0 N–H and O–H groups in total. The molecule has 5 rings (SSSR count). The molecular weight excluding hydrogens is 440 g/mol. The fourth-order valence-electron chi connectivity index (χ4n) is 5.63. The number of hydrogen-bond acceptors (Lipinski definition) is 2. The molecule has 2 heteroatoms. The Bertz CT molecular complexity index is 1260. The van der Waals surface area contributed by atoms with Crippen LogP contribution in [0.3, 0.4) is 0 Å². The third-order valence-corrected chi connectivity index (χ3v) is 7.75. The van der Waals surface area contributed by atoms with Crippen LogP contribution in [0.4, 0.5) is 0 Å². The van der Waals surface area contributed by atoms with Crippen LogP contribution in [0.25, 0.3) is 0 Å². The molecule has 180 valence electrons. The minimum Gasteiger partial charge on any atom is -0.294 e. The summed E-state index contributed by atoms with van der Waals surface area (Å²) in [7, 11) is 0. The quantitative estimate of drug-likeness (QED) is 0.268. The van der Waals surface area contributed by atoms with E-state index < -0.39 is 0 Å². The topological polar surface area (TPSA) is 34.1 Å². The van der Waals surface area contributed by atoms with Crippen molar-refractivity contribution in [3.8, 4) is 0 Å². The maximum Gasteiger partial charge on any atom is 0.167 e. The smallest absolute Gasteiger partial charge is 0.167 e. The molecule has 0 amide bonds. The molecule has 2 nitrogen and oxygen atoms in total. The molecule has 0 aromatic heterocycles. The summed E-state index contributed by atoms with van der Waals surface area (Å²) in [5, 5.41) is 0. The van der Waals surface area contributed by atoms with E-state index >= 15 is 0 Å². The van der Waals surface area contributed by atoms with Crippen molar-refractivity contribution in [1.29, 1.82) is 0 Å². The third kappa shape index (κ3) is 4.44. The summed E-state index contributed by atoms with van der Waals surface area (Å²) >= 11 is 0. The summed E-state index contributed by atoms with van der Waals surface area (Å²) in [5.74, 6) is -0.757. The molecule has 4 aromatic carbocycles. The van der Waals surface area contributed by atoms with Gasteiger partial charge in [-0.15, -0.1) is 0 Å². The second kappa shape index (κ2) is 9.70. The summed E-state index contributed by atoms with van der Waals surface area (Å²) in [5.41, 5.74) is 8.10. The van der Waals surface area contributed by atoms with E-state index in [0.717, 1.165) is 33.4 Å². The van der Waals surface area contributed by atoms with Crippen molar-refractivity contribution in [2.24, 2.45) is 11.8 Å². The molecule has 1 saturated carbocycles. The van der Waals surface area contributed by atoms with Gasteiger partial charge < -0.3 is 0 Å². The number of rotatable bonds is 6. The fraction of sp³-hybridized carbons (Fsp3) is 0.235.